The number of carbonyl (C=O) groups excluding carboxylic acids is 1. The monoisotopic (exact) mass is 235 g/mol. The van der Waals surface area contributed by atoms with Gasteiger partial charge in [0.2, 0.25) is 5.91 Å². The molecule has 2 heterocycles. The van der Waals surface area contributed by atoms with Gasteiger partial charge in [0.15, 0.2) is 0 Å². The number of hydrogen-bond acceptors (Lipinski definition) is 4. The molecule has 0 aromatic carbocycles. The van der Waals surface area contributed by atoms with Crippen LogP contribution in [0.15, 0.2) is 12.3 Å². The lowest BCUT2D eigenvalue weighted by atomic mass is 10.2. The number of carbonyl (C=O) groups is 1. The summed E-state index contributed by atoms with van der Waals surface area (Å²) < 4.78 is 1.88. The van der Waals surface area contributed by atoms with Crippen LogP contribution in [0.2, 0.25) is 0 Å². The highest BCUT2D eigenvalue weighted by atomic mass is 16.2. The van der Waals surface area contributed by atoms with Gasteiger partial charge in [0.25, 0.3) is 0 Å². The molecular weight excluding hydrogens is 218 g/mol. The highest BCUT2D eigenvalue weighted by Crippen LogP contribution is 2.38. The molecule has 4 N–H and O–H groups in total. The van der Waals surface area contributed by atoms with Gasteiger partial charge in [0, 0.05) is 25.1 Å². The summed E-state index contributed by atoms with van der Waals surface area (Å²) in [5, 5.41) is 10.4. The van der Waals surface area contributed by atoms with Crippen molar-refractivity contribution in [2.24, 2.45) is 17.6 Å². The zero-order valence-electron chi connectivity index (χ0n) is 9.60. The highest BCUT2D eigenvalue weighted by Gasteiger charge is 2.42. The summed E-state index contributed by atoms with van der Waals surface area (Å²) in [7, 11) is 0. The number of nitrogens with two attached hydrogens (primary N) is 1. The van der Waals surface area contributed by atoms with Crippen LogP contribution in [0.5, 0.6) is 0 Å². The lowest BCUT2D eigenvalue weighted by Gasteiger charge is -2.28. The molecule has 1 aromatic heterocycles. The van der Waals surface area contributed by atoms with Crippen LogP contribution in [0.1, 0.15) is 12.5 Å². The SMILES string of the molecule is NC[C@@H]1C[C@@H]1C(=O)Nc1ccnn1C1CNC1. The fraction of sp³-hybridized carbons (Fsp3) is 0.636. The Bertz CT molecular complexity index is 425. The van der Waals surface area contributed by atoms with Gasteiger partial charge in [0.05, 0.1) is 12.2 Å². The maximum Gasteiger partial charge on any atom is 0.228 e. The smallest absolute Gasteiger partial charge is 0.228 e. The van der Waals surface area contributed by atoms with Gasteiger partial charge in [-0.2, -0.15) is 5.10 Å². The van der Waals surface area contributed by atoms with Gasteiger partial charge in [-0.1, -0.05) is 0 Å². The van der Waals surface area contributed by atoms with Gasteiger partial charge in [-0.05, 0) is 18.9 Å². The number of aromatic nitrogens is 2. The van der Waals surface area contributed by atoms with Crippen LogP contribution in [0.4, 0.5) is 5.82 Å². The number of nitrogens with one attached hydrogen (secondary N) is 2. The fourth-order valence-corrected chi connectivity index (χ4v) is 2.20. The van der Waals surface area contributed by atoms with Crippen LogP contribution in [0.25, 0.3) is 0 Å². The molecule has 1 amide bonds. The summed E-state index contributed by atoms with van der Waals surface area (Å²) in [6.07, 6.45) is 2.64. The third kappa shape index (κ3) is 1.94. The van der Waals surface area contributed by atoms with E-state index in [-0.39, 0.29) is 11.8 Å². The van der Waals surface area contributed by atoms with Crippen molar-refractivity contribution in [3.63, 3.8) is 0 Å². The molecule has 0 spiro atoms. The molecule has 0 bridgehead atoms. The van der Waals surface area contributed by atoms with Crippen molar-refractivity contribution in [3.05, 3.63) is 12.3 Å². The molecule has 1 aromatic rings. The van der Waals surface area contributed by atoms with Crippen LogP contribution < -0.4 is 16.4 Å². The van der Waals surface area contributed by atoms with E-state index in [4.69, 9.17) is 5.73 Å². The normalized spacial score (nSPS) is 27.6. The number of rotatable bonds is 4. The second kappa shape index (κ2) is 4.12. The van der Waals surface area contributed by atoms with Crippen LogP contribution in [0.3, 0.4) is 0 Å². The zero-order valence-corrected chi connectivity index (χ0v) is 9.60. The molecule has 6 nitrogen and oxygen atoms in total. The number of anilines is 1. The molecule has 17 heavy (non-hydrogen) atoms. The summed E-state index contributed by atoms with van der Waals surface area (Å²) in [5.41, 5.74) is 5.54. The molecule has 1 saturated heterocycles. The molecule has 2 aliphatic rings. The van der Waals surface area contributed by atoms with E-state index in [0.717, 1.165) is 25.3 Å². The largest absolute Gasteiger partial charge is 0.330 e. The number of amides is 1. The van der Waals surface area contributed by atoms with E-state index in [1.54, 1.807) is 6.20 Å². The summed E-state index contributed by atoms with van der Waals surface area (Å²) >= 11 is 0. The molecular formula is C11H17N5O. The van der Waals surface area contributed by atoms with Crippen LogP contribution in [-0.2, 0) is 4.79 Å². The van der Waals surface area contributed by atoms with Crippen LogP contribution >= 0.6 is 0 Å². The van der Waals surface area contributed by atoms with E-state index in [9.17, 15) is 4.79 Å². The Balaban J connectivity index is 1.64. The quantitative estimate of drug-likeness (QED) is 0.660. The zero-order chi connectivity index (χ0) is 11.8. The molecule has 2 atom stereocenters. The lowest BCUT2D eigenvalue weighted by Crippen LogP contribution is -2.44. The molecule has 2 fully saturated rings. The summed E-state index contributed by atoms with van der Waals surface area (Å²) in [4.78, 5) is 11.9. The van der Waals surface area contributed by atoms with E-state index in [0.29, 0.717) is 18.5 Å². The van der Waals surface area contributed by atoms with Crippen molar-refractivity contribution in [1.82, 2.24) is 15.1 Å². The molecule has 0 radical (unpaired) electrons. The van der Waals surface area contributed by atoms with E-state index >= 15 is 0 Å². The first-order valence-electron chi connectivity index (χ1n) is 6.04. The second-order valence-corrected chi connectivity index (χ2v) is 4.80. The third-order valence-corrected chi connectivity index (χ3v) is 3.59. The van der Waals surface area contributed by atoms with Gasteiger partial charge in [-0.3, -0.25) is 4.79 Å². The summed E-state index contributed by atoms with van der Waals surface area (Å²) in [5.74, 6) is 1.35. The van der Waals surface area contributed by atoms with Gasteiger partial charge in [-0.25, -0.2) is 4.68 Å². The van der Waals surface area contributed by atoms with Gasteiger partial charge < -0.3 is 16.4 Å². The molecule has 92 valence electrons. The molecule has 1 aliphatic heterocycles. The van der Waals surface area contributed by atoms with Crippen molar-refractivity contribution in [2.75, 3.05) is 25.0 Å². The maximum atomic E-state index is 11.9. The summed E-state index contributed by atoms with van der Waals surface area (Å²) in [6, 6.07) is 2.21. The predicted molar refractivity (Wildman–Crippen MR) is 63.4 cm³/mol. The van der Waals surface area contributed by atoms with E-state index in [1.165, 1.54) is 0 Å². The molecule has 1 aliphatic carbocycles. The Morgan fingerprint density at radius 2 is 2.47 bits per heavy atom. The fourth-order valence-electron chi connectivity index (χ4n) is 2.20. The Hall–Kier alpha value is -1.40. The predicted octanol–water partition coefficient (Wildman–Crippen LogP) is -0.439. The Labute approximate surface area is 99.5 Å². The summed E-state index contributed by atoms with van der Waals surface area (Å²) in [6.45, 7) is 2.43. The Kier molecular flexibility index (Phi) is 2.60. The standard InChI is InChI=1S/C11H17N5O/c12-4-7-3-9(7)11(17)15-10-1-2-14-16(10)8-5-13-6-8/h1-2,7-9,13H,3-6,12H2,(H,15,17)/t7-,9-/m0/s1. The van der Waals surface area contributed by atoms with Crippen molar-refractivity contribution in [1.29, 1.82) is 0 Å². The lowest BCUT2D eigenvalue weighted by molar-refractivity contribution is -0.117. The van der Waals surface area contributed by atoms with Crippen molar-refractivity contribution < 1.29 is 4.79 Å². The van der Waals surface area contributed by atoms with Crippen molar-refractivity contribution in [2.45, 2.75) is 12.5 Å². The number of nitrogens with zero attached hydrogens (tertiary/aromatic N) is 2. The topological polar surface area (TPSA) is 85.0 Å². The van der Waals surface area contributed by atoms with Crippen molar-refractivity contribution >= 4 is 11.7 Å². The Morgan fingerprint density at radius 3 is 3.06 bits per heavy atom. The average molecular weight is 235 g/mol. The Morgan fingerprint density at radius 1 is 1.65 bits per heavy atom. The van der Waals surface area contributed by atoms with Crippen LogP contribution in [-0.4, -0.2) is 35.3 Å². The first-order chi connectivity index (χ1) is 8.29. The first-order valence-corrected chi connectivity index (χ1v) is 6.04. The molecule has 6 heteroatoms. The average Bonchev–Trinajstić information content (AvgIpc) is 2.93. The van der Waals surface area contributed by atoms with E-state index in [1.807, 2.05) is 10.7 Å². The molecule has 1 saturated carbocycles. The van der Waals surface area contributed by atoms with Crippen molar-refractivity contribution in [3.8, 4) is 0 Å². The first kappa shape index (κ1) is 10.7. The van der Waals surface area contributed by atoms with E-state index in [2.05, 4.69) is 15.7 Å². The minimum absolute atomic E-state index is 0.0782. The van der Waals surface area contributed by atoms with Gasteiger partial charge in [-0.15, -0.1) is 0 Å². The van der Waals surface area contributed by atoms with Gasteiger partial charge in [0.1, 0.15) is 5.82 Å². The van der Waals surface area contributed by atoms with Crippen LogP contribution in [0, 0.1) is 11.8 Å². The van der Waals surface area contributed by atoms with Gasteiger partial charge >= 0.3 is 0 Å². The third-order valence-electron chi connectivity index (χ3n) is 3.59. The van der Waals surface area contributed by atoms with E-state index < -0.39 is 0 Å². The minimum atomic E-state index is 0.0782. The molecule has 3 rings (SSSR count). The maximum absolute atomic E-state index is 11.9. The number of hydrogen-bond donors (Lipinski definition) is 3. The molecule has 0 unspecified atom stereocenters. The highest BCUT2D eigenvalue weighted by molar-refractivity contribution is 5.93. The second-order valence-electron chi connectivity index (χ2n) is 4.80. The minimum Gasteiger partial charge on any atom is -0.330 e.